The Morgan fingerprint density at radius 2 is 1.82 bits per heavy atom. The second-order valence-electron chi connectivity index (χ2n) is 9.16. The maximum atomic E-state index is 13.1. The summed E-state index contributed by atoms with van der Waals surface area (Å²) < 4.78 is 5.63. The summed E-state index contributed by atoms with van der Waals surface area (Å²) in [5.41, 5.74) is 3.51. The third kappa shape index (κ3) is 5.13. The monoisotopic (exact) mass is 446 g/mol. The minimum Gasteiger partial charge on any atom is -0.354 e. The van der Waals surface area contributed by atoms with Crippen LogP contribution in [0.3, 0.4) is 0 Å². The summed E-state index contributed by atoms with van der Waals surface area (Å²) >= 11 is 0. The number of amides is 2. The first-order valence-corrected chi connectivity index (χ1v) is 11.4. The first-order valence-electron chi connectivity index (χ1n) is 11.4. The van der Waals surface area contributed by atoms with Crippen molar-refractivity contribution in [1.29, 1.82) is 0 Å². The molecule has 1 aliphatic rings. The van der Waals surface area contributed by atoms with Gasteiger partial charge < -0.3 is 15.2 Å². The van der Waals surface area contributed by atoms with Crippen LogP contribution in [0.2, 0.25) is 0 Å². The highest BCUT2D eigenvalue weighted by Crippen LogP contribution is 2.39. The van der Waals surface area contributed by atoms with E-state index >= 15 is 0 Å². The van der Waals surface area contributed by atoms with E-state index in [0.29, 0.717) is 30.1 Å². The lowest BCUT2D eigenvalue weighted by atomic mass is 10.0. The van der Waals surface area contributed by atoms with E-state index < -0.39 is 0 Å². The fourth-order valence-corrected chi connectivity index (χ4v) is 4.49. The first kappa shape index (κ1) is 22.7. The maximum Gasteiger partial charge on any atom is 0.251 e. The fraction of sp³-hybridized carbons (Fsp3) is 0.385. The van der Waals surface area contributed by atoms with Crippen LogP contribution in [-0.2, 0) is 4.79 Å². The van der Waals surface area contributed by atoms with E-state index in [9.17, 15) is 9.59 Å². The second kappa shape index (κ2) is 9.57. The van der Waals surface area contributed by atoms with Gasteiger partial charge in [-0.2, -0.15) is 4.98 Å². The molecular formula is C26H30N4O3. The smallest absolute Gasteiger partial charge is 0.251 e. The lowest BCUT2D eigenvalue weighted by Gasteiger charge is -2.19. The molecule has 33 heavy (non-hydrogen) atoms. The Labute approximate surface area is 194 Å². The van der Waals surface area contributed by atoms with Crippen molar-refractivity contribution in [2.75, 3.05) is 0 Å². The zero-order valence-electron chi connectivity index (χ0n) is 19.5. The van der Waals surface area contributed by atoms with Gasteiger partial charge in [0.25, 0.3) is 5.91 Å². The Bertz CT molecular complexity index is 1140. The number of rotatable bonds is 6. The quantitative estimate of drug-likeness (QED) is 0.592. The van der Waals surface area contributed by atoms with Gasteiger partial charge in [-0.1, -0.05) is 53.2 Å². The van der Waals surface area contributed by atoms with Gasteiger partial charge in [0.15, 0.2) is 0 Å². The highest BCUT2D eigenvalue weighted by Gasteiger charge is 2.42. The first-order chi connectivity index (χ1) is 15.8. The van der Waals surface area contributed by atoms with Crippen LogP contribution < -0.4 is 10.6 Å². The van der Waals surface area contributed by atoms with Crippen LogP contribution in [0.1, 0.15) is 60.0 Å². The van der Waals surface area contributed by atoms with Crippen LogP contribution in [-0.4, -0.2) is 34.0 Å². The normalized spacial score (nSPS) is 20.1. The Kier molecular flexibility index (Phi) is 6.58. The molecule has 0 aliphatic heterocycles. The van der Waals surface area contributed by atoms with Crippen molar-refractivity contribution in [2.24, 2.45) is 5.92 Å². The van der Waals surface area contributed by atoms with E-state index in [1.807, 2.05) is 76.2 Å². The SMILES string of the molecule is Cc1ccc(C(=O)N[C@H]2C[C@H](C(=O)NC(C)C)C[C@H]2c2nc(-c3ccccc3)no2)c(C)c1. The average Bonchev–Trinajstić information content (AvgIpc) is 3.41. The molecule has 0 unspecified atom stereocenters. The number of benzene rings is 2. The molecule has 4 rings (SSSR count). The predicted molar refractivity (Wildman–Crippen MR) is 126 cm³/mol. The molecule has 3 atom stereocenters. The van der Waals surface area contributed by atoms with Crippen LogP contribution in [0.15, 0.2) is 53.1 Å². The number of hydrogen-bond acceptors (Lipinski definition) is 5. The molecule has 7 nitrogen and oxygen atoms in total. The van der Waals surface area contributed by atoms with Gasteiger partial charge in [0.1, 0.15) is 0 Å². The molecule has 0 radical (unpaired) electrons. The second-order valence-corrected chi connectivity index (χ2v) is 9.16. The highest BCUT2D eigenvalue weighted by molar-refractivity contribution is 5.96. The van der Waals surface area contributed by atoms with Gasteiger partial charge in [0, 0.05) is 29.1 Å². The van der Waals surface area contributed by atoms with E-state index in [1.165, 1.54) is 0 Å². The number of hydrogen-bond donors (Lipinski definition) is 2. The van der Waals surface area contributed by atoms with E-state index in [1.54, 1.807) is 0 Å². The molecule has 0 bridgehead atoms. The van der Waals surface area contributed by atoms with Crippen molar-refractivity contribution in [3.05, 3.63) is 71.1 Å². The molecule has 1 aliphatic carbocycles. The number of aryl methyl sites for hydroxylation is 2. The third-order valence-corrected chi connectivity index (χ3v) is 6.10. The van der Waals surface area contributed by atoms with Gasteiger partial charge in [-0.25, -0.2) is 0 Å². The molecule has 172 valence electrons. The largest absolute Gasteiger partial charge is 0.354 e. The number of aromatic nitrogens is 2. The molecule has 2 aromatic carbocycles. The van der Waals surface area contributed by atoms with Crippen molar-refractivity contribution < 1.29 is 14.1 Å². The Hall–Kier alpha value is -3.48. The third-order valence-electron chi connectivity index (χ3n) is 6.10. The van der Waals surface area contributed by atoms with Crippen molar-refractivity contribution in [2.45, 2.75) is 58.5 Å². The minimum absolute atomic E-state index is 0.0129. The van der Waals surface area contributed by atoms with Crippen LogP contribution in [0.5, 0.6) is 0 Å². The number of carbonyl (C=O) groups excluding carboxylic acids is 2. The molecule has 1 aromatic heterocycles. The van der Waals surface area contributed by atoms with E-state index in [0.717, 1.165) is 16.7 Å². The molecule has 0 spiro atoms. The van der Waals surface area contributed by atoms with Crippen molar-refractivity contribution in [1.82, 2.24) is 20.8 Å². The zero-order valence-corrected chi connectivity index (χ0v) is 19.5. The number of carbonyl (C=O) groups is 2. The lowest BCUT2D eigenvalue weighted by molar-refractivity contribution is -0.125. The van der Waals surface area contributed by atoms with E-state index in [4.69, 9.17) is 4.52 Å². The Morgan fingerprint density at radius 3 is 2.52 bits per heavy atom. The standard InChI is InChI=1S/C26H30N4O3/c1-15(2)27-24(31)19-13-21(26-29-23(30-33-26)18-8-6-5-7-9-18)22(14-19)28-25(32)20-11-10-16(3)12-17(20)4/h5-12,15,19,21-22H,13-14H2,1-4H3,(H,27,31)(H,28,32)/t19-,21-,22+/m1/s1. The summed E-state index contributed by atoms with van der Waals surface area (Å²) in [5, 5.41) is 10.3. The number of nitrogens with zero attached hydrogens (tertiary/aromatic N) is 2. The molecule has 1 fully saturated rings. The van der Waals surface area contributed by atoms with Gasteiger partial charge >= 0.3 is 0 Å². The maximum absolute atomic E-state index is 13.1. The molecule has 7 heteroatoms. The summed E-state index contributed by atoms with van der Waals surface area (Å²) in [5.74, 6) is 0.289. The van der Waals surface area contributed by atoms with Gasteiger partial charge in [0.05, 0.1) is 5.92 Å². The highest BCUT2D eigenvalue weighted by atomic mass is 16.5. The van der Waals surface area contributed by atoms with Crippen LogP contribution in [0.25, 0.3) is 11.4 Å². The van der Waals surface area contributed by atoms with Gasteiger partial charge in [0.2, 0.25) is 17.6 Å². The summed E-state index contributed by atoms with van der Waals surface area (Å²) in [6, 6.07) is 15.1. The van der Waals surface area contributed by atoms with Crippen molar-refractivity contribution in [3.63, 3.8) is 0 Å². The summed E-state index contributed by atoms with van der Waals surface area (Å²) in [7, 11) is 0. The van der Waals surface area contributed by atoms with E-state index in [-0.39, 0.29) is 35.7 Å². The molecule has 1 heterocycles. The Balaban J connectivity index is 1.59. The van der Waals surface area contributed by atoms with Crippen molar-refractivity contribution >= 4 is 11.8 Å². The fourth-order valence-electron chi connectivity index (χ4n) is 4.49. The van der Waals surface area contributed by atoms with Crippen molar-refractivity contribution in [3.8, 4) is 11.4 Å². The Morgan fingerprint density at radius 1 is 1.06 bits per heavy atom. The lowest BCUT2D eigenvalue weighted by Crippen LogP contribution is -2.38. The molecule has 3 aromatic rings. The van der Waals surface area contributed by atoms with Crippen LogP contribution in [0, 0.1) is 19.8 Å². The van der Waals surface area contributed by atoms with Crippen LogP contribution in [0.4, 0.5) is 0 Å². The number of nitrogens with one attached hydrogen (secondary N) is 2. The van der Waals surface area contributed by atoms with E-state index in [2.05, 4.69) is 20.8 Å². The molecule has 2 N–H and O–H groups in total. The summed E-state index contributed by atoms with van der Waals surface area (Å²) in [4.78, 5) is 30.5. The predicted octanol–water partition coefficient (Wildman–Crippen LogP) is 4.17. The topological polar surface area (TPSA) is 97.1 Å². The minimum atomic E-state index is -0.287. The average molecular weight is 447 g/mol. The van der Waals surface area contributed by atoms with Gasteiger partial charge in [-0.3, -0.25) is 9.59 Å². The zero-order chi connectivity index (χ0) is 23.5. The molecule has 1 saturated carbocycles. The van der Waals surface area contributed by atoms with Crippen LogP contribution >= 0.6 is 0 Å². The molecule has 0 saturated heterocycles. The summed E-state index contributed by atoms with van der Waals surface area (Å²) in [6.07, 6.45) is 1.05. The van der Waals surface area contributed by atoms with Gasteiger partial charge in [-0.05, 0) is 52.2 Å². The molecular weight excluding hydrogens is 416 g/mol. The summed E-state index contributed by atoms with van der Waals surface area (Å²) in [6.45, 7) is 7.80. The van der Waals surface area contributed by atoms with Gasteiger partial charge in [-0.15, -0.1) is 0 Å². The molecule has 2 amide bonds.